The highest BCUT2D eigenvalue weighted by Gasteiger charge is 2.34. The van der Waals surface area contributed by atoms with Crippen LogP contribution in [0.1, 0.15) is 52.5 Å². The van der Waals surface area contributed by atoms with E-state index in [1.54, 1.807) is 54.6 Å². The number of nitrogens with zero attached hydrogens (tertiary/aromatic N) is 1. The summed E-state index contributed by atoms with van der Waals surface area (Å²) in [5, 5.41) is 3.55. The molecular weight excluding hydrogens is 504 g/mol. The van der Waals surface area contributed by atoms with E-state index >= 15 is 0 Å². The number of anilines is 1. The Hall–Kier alpha value is -2.44. The fraction of sp³-hybridized carbons (Fsp3) is 0.346. The Morgan fingerprint density at radius 1 is 1.06 bits per heavy atom. The van der Waals surface area contributed by atoms with Crippen molar-refractivity contribution < 1.29 is 14.4 Å². The number of rotatable bonds is 9. The Kier molecular flexibility index (Phi) is 9.87. The van der Waals surface area contributed by atoms with Gasteiger partial charge in [-0.2, -0.15) is 0 Å². The monoisotopic (exact) mass is 532 g/mol. The van der Waals surface area contributed by atoms with Crippen LogP contribution in [0.5, 0.6) is 0 Å². The van der Waals surface area contributed by atoms with Gasteiger partial charge in [0.1, 0.15) is 6.04 Å². The molecule has 2 aromatic rings. The van der Waals surface area contributed by atoms with Crippen LogP contribution in [0, 0.1) is 0 Å². The number of ketones is 1. The van der Waals surface area contributed by atoms with Crippen LogP contribution in [0.2, 0.25) is 5.02 Å². The lowest BCUT2D eigenvalue weighted by atomic mass is 10.0. The zero-order valence-electron chi connectivity index (χ0n) is 19.4. The zero-order valence-corrected chi connectivity index (χ0v) is 21.7. The third-order valence-corrected chi connectivity index (χ3v) is 5.56. The molecule has 0 spiro atoms. The Labute approximate surface area is 209 Å². The molecule has 33 heavy (non-hydrogen) atoms. The number of nitrogens with one attached hydrogen (secondary N) is 1. The smallest absolute Gasteiger partial charge is 0.299 e. The maximum atomic E-state index is 13.4. The summed E-state index contributed by atoms with van der Waals surface area (Å²) in [5.74, 6) is -1.76. The van der Waals surface area contributed by atoms with Crippen molar-refractivity contribution in [1.82, 2.24) is 5.32 Å². The van der Waals surface area contributed by atoms with E-state index in [-0.39, 0.29) is 5.91 Å². The van der Waals surface area contributed by atoms with Crippen LogP contribution < -0.4 is 10.2 Å². The van der Waals surface area contributed by atoms with Crippen molar-refractivity contribution in [3.63, 3.8) is 0 Å². The molecule has 0 radical (unpaired) electrons. The van der Waals surface area contributed by atoms with Gasteiger partial charge in [0, 0.05) is 20.7 Å². The van der Waals surface area contributed by atoms with Gasteiger partial charge < -0.3 is 5.32 Å². The lowest BCUT2D eigenvalue weighted by Gasteiger charge is -2.33. The van der Waals surface area contributed by atoms with E-state index in [2.05, 4.69) is 21.2 Å². The Balaban J connectivity index is 2.42. The molecule has 0 bridgehead atoms. The highest BCUT2D eigenvalue weighted by molar-refractivity contribution is 9.10. The number of benzene rings is 2. The van der Waals surface area contributed by atoms with Crippen LogP contribution in [-0.4, -0.2) is 29.2 Å². The van der Waals surface area contributed by atoms with E-state index in [0.717, 1.165) is 22.9 Å². The summed E-state index contributed by atoms with van der Waals surface area (Å²) < 4.78 is 0.830. The van der Waals surface area contributed by atoms with Crippen LogP contribution in [0.25, 0.3) is 6.08 Å². The normalized spacial score (nSPS) is 12.4. The van der Waals surface area contributed by atoms with Gasteiger partial charge in [-0.3, -0.25) is 19.3 Å². The van der Waals surface area contributed by atoms with Crippen molar-refractivity contribution >= 4 is 56.9 Å². The number of halogens is 2. The van der Waals surface area contributed by atoms with E-state index in [1.807, 2.05) is 27.7 Å². The second-order valence-corrected chi connectivity index (χ2v) is 10.2. The standard InChI is InChI=1S/C26H30BrClN2O3/c1-5-6-7-22(24(32)29-26(2,3)4)30(21-15-11-19(27)12-16-21)25(33)23(31)17-10-18-8-13-20(28)14-9-18/h8-17,22H,5-7H2,1-4H3,(H,29,32)/b17-10+. The molecule has 2 rings (SSSR count). The second-order valence-electron chi connectivity index (χ2n) is 8.80. The van der Waals surface area contributed by atoms with Crippen LogP contribution in [0.3, 0.4) is 0 Å². The molecule has 176 valence electrons. The lowest BCUT2D eigenvalue weighted by Crippen LogP contribution is -2.55. The molecule has 1 atom stereocenters. The van der Waals surface area contributed by atoms with Crippen molar-refractivity contribution in [2.24, 2.45) is 0 Å². The summed E-state index contributed by atoms with van der Waals surface area (Å²) in [6, 6.07) is 13.1. The summed E-state index contributed by atoms with van der Waals surface area (Å²) in [5.41, 5.74) is 0.749. The highest BCUT2D eigenvalue weighted by Crippen LogP contribution is 2.24. The van der Waals surface area contributed by atoms with Gasteiger partial charge in [-0.1, -0.05) is 65.5 Å². The molecule has 1 N–H and O–H groups in total. The Bertz CT molecular complexity index is 996. The van der Waals surface area contributed by atoms with Crippen molar-refractivity contribution in [3.05, 3.63) is 69.7 Å². The summed E-state index contributed by atoms with van der Waals surface area (Å²) in [4.78, 5) is 40.8. The molecule has 0 aliphatic carbocycles. The van der Waals surface area contributed by atoms with Gasteiger partial charge in [-0.15, -0.1) is 0 Å². The molecule has 2 aromatic carbocycles. The van der Waals surface area contributed by atoms with Crippen LogP contribution in [-0.2, 0) is 14.4 Å². The fourth-order valence-corrected chi connectivity index (χ4v) is 3.59. The van der Waals surface area contributed by atoms with E-state index in [0.29, 0.717) is 17.1 Å². The van der Waals surface area contributed by atoms with Crippen molar-refractivity contribution in [3.8, 4) is 0 Å². The maximum Gasteiger partial charge on any atom is 0.299 e. The predicted molar refractivity (Wildman–Crippen MR) is 138 cm³/mol. The first-order chi connectivity index (χ1) is 15.5. The van der Waals surface area contributed by atoms with E-state index in [4.69, 9.17) is 11.6 Å². The molecule has 0 saturated heterocycles. The topological polar surface area (TPSA) is 66.5 Å². The maximum absolute atomic E-state index is 13.4. The van der Waals surface area contributed by atoms with Crippen molar-refractivity contribution in [1.29, 1.82) is 0 Å². The van der Waals surface area contributed by atoms with Gasteiger partial charge in [0.05, 0.1) is 0 Å². The molecule has 0 heterocycles. The Morgan fingerprint density at radius 2 is 1.67 bits per heavy atom. The largest absolute Gasteiger partial charge is 0.350 e. The Morgan fingerprint density at radius 3 is 2.21 bits per heavy atom. The van der Waals surface area contributed by atoms with Gasteiger partial charge in [0.15, 0.2) is 0 Å². The van der Waals surface area contributed by atoms with Crippen LogP contribution in [0.4, 0.5) is 5.69 Å². The predicted octanol–water partition coefficient (Wildman–Crippen LogP) is 6.19. The summed E-state index contributed by atoms with van der Waals surface area (Å²) >= 11 is 9.30. The molecule has 0 aliphatic rings. The summed E-state index contributed by atoms with van der Waals surface area (Å²) in [6.07, 6.45) is 4.82. The molecule has 2 amide bonds. The number of hydrogen-bond donors (Lipinski definition) is 1. The minimum absolute atomic E-state index is 0.290. The molecule has 0 saturated carbocycles. The van der Waals surface area contributed by atoms with Gasteiger partial charge in [-0.25, -0.2) is 0 Å². The van der Waals surface area contributed by atoms with Gasteiger partial charge in [0.2, 0.25) is 11.7 Å². The van der Waals surface area contributed by atoms with Crippen LogP contribution in [0.15, 0.2) is 59.1 Å². The molecule has 0 aliphatic heterocycles. The third-order valence-electron chi connectivity index (χ3n) is 4.78. The lowest BCUT2D eigenvalue weighted by molar-refractivity contribution is -0.135. The molecule has 0 aromatic heterocycles. The molecular formula is C26H30BrClN2O3. The quantitative estimate of drug-likeness (QED) is 0.309. The molecule has 5 nitrogen and oxygen atoms in total. The second kappa shape index (κ2) is 12.1. The van der Waals surface area contributed by atoms with Gasteiger partial charge in [0.25, 0.3) is 5.91 Å². The van der Waals surface area contributed by atoms with E-state index in [9.17, 15) is 14.4 Å². The van der Waals surface area contributed by atoms with E-state index in [1.165, 1.54) is 11.0 Å². The third kappa shape index (κ3) is 8.45. The first-order valence-electron chi connectivity index (χ1n) is 10.9. The van der Waals surface area contributed by atoms with Crippen molar-refractivity contribution in [2.75, 3.05) is 4.90 Å². The van der Waals surface area contributed by atoms with E-state index < -0.39 is 23.3 Å². The number of carbonyl (C=O) groups is 3. The number of hydrogen-bond acceptors (Lipinski definition) is 3. The van der Waals surface area contributed by atoms with Gasteiger partial charge >= 0.3 is 0 Å². The zero-order chi connectivity index (χ0) is 24.6. The molecule has 0 fully saturated rings. The highest BCUT2D eigenvalue weighted by atomic mass is 79.9. The minimum atomic E-state index is -0.814. The number of amides is 2. The average molecular weight is 534 g/mol. The number of unbranched alkanes of at least 4 members (excludes halogenated alkanes) is 1. The van der Waals surface area contributed by atoms with Gasteiger partial charge in [-0.05, 0) is 75.2 Å². The molecule has 1 unspecified atom stereocenters. The molecule has 7 heteroatoms. The summed E-state index contributed by atoms with van der Waals surface area (Å²) in [6.45, 7) is 7.67. The van der Waals surface area contributed by atoms with Crippen LogP contribution >= 0.6 is 27.5 Å². The first kappa shape index (κ1) is 26.8. The minimum Gasteiger partial charge on any atom is -0.350 e. The number of carbonyl (C=O) groups excluding carboxylic acids is 3. The first-order valence-corrected chi connectivity index (χ1v) is 12.1. The average Bonchev–Trinajstić information content (AvgIpc) is 2.75. The SMILES string of the molecule is CCCCC(C(=O)NC(C)(C)C)N(C(=O)C(=O)/C=C/c1ccc(Cl)cc1)c1ccc(Br)cc1. The van der Waals surface area contributed by atoms with Crippen molar-refractivity contribution in [2.45, 2.75) is 58.5 Å². The fourth-order valence-electron chi connectivity index (χ4n) is 3.20. The summed E-state index contributed by atoms with van der Waals surface area (Å²) in [7, 11) is 0.